The Hall–Kier alpha value is -2.67. The zero-order valence-electron chi connectivity index (χ0n) is 14.9. The maximum absolute atomic E-state index is 12.8. The van der Waals surface area contributed by atoms with Crippen molar-refractivity contribution in [1.29, 1.82) is 0 Å². The second-order valence-corrected chi connectivity index (χ2v) is 7.85. The molecule has 1 N–H and O–H groups in total. The summed E-state index contributed by atoms with van der Waals surface area (Å²) < 4.78 is 5.33. The van der Waals surface area contributed by atoms with Crippen molar-refractivity contribution in [1.82, 2.24) is 0 Å². The lowest BCUT2D eigenvalue weighted by Gasteiger charge is -2.27. The van der Waals surface area contributed by atoms with Crippen LogP contribution in [-0.2, 0) is 14.3 Å². The van der Waals surface area contributed by atoms with E-state index in [-0.39, 0.29) is 30.9 Å². The molecule has 2 amide bonds. The van der Waals surface area contributed by atoms with Crippen molar-refractivity contribution in [3.8, 4) is 0 Å². The van der Waals surface area contributed by atoms with Crippen molar-refractivity contribution < 1.29 is 19.1 Å². The van der Waals surface area contributed by atoms with Gasteiger partial charge < -0.3 is 15.0 Å². The highest BCUT2D eigenvalue weighted by Gasteiger charge is 2.32. The molecule has 1 aliphatic carbocycles. The van der Waals surface area contributed by atoms with E-state index >= 15 is 0 Å². The number of carbonyl (C=O) groups excluding carboxylic acids is 3. The predicted molar refractivity (Wildman–Crippen MR) is 103 cm³/mol. The number of nitrogens with zero attached hydrogens (tertiary/aromatic N) is 1. The highest BCUT2D eigenvalue weighted by molar-refractivity contribution is 7.12. The first-order valence-corrected chi connectivity index (χ1v) is 9.88. The van der Waals surface area contributed by atoms with Crippen molar-refractivity contribution in [3.05, 3.63) is 46.2 Å². The van der Waals surface area contributed by atoms with Gasteiger partial charge in [0, 0.05) is 12.5 Å². The summed E-state index contributed by atoms with van der Waals surface area (Å²) in [5.74, 6) is -0.492. The number of rotatable bonds is 4. The number of nitrogens with one attached hydrogen (secondary N) is 1. The predicted octanol–water partition coefficient (Wildman–Crippen LogP) is 3.55. The number of amides is 2. The first-order valence-electron chi connectivity index (χ1n) is 9.00. The van der Waals surface area contributed by atoms with Gasteiger partial charge in [0.25, 0.3) is 5.91 Å². The molecule has 1 aliphatic heterocycles. The normalized spacial score (nSPS) is 19.1. The third-order valence-corrected chi connectivity index (χ3v) is 5.76. The minimum Gasteiger partial charge on any atom is -0.451 e. The number of thiophene rings is 1. The van der Waals surface area contributed by atoms with Crippen molar-refractivity contribution >= 4 is 40.5 Å². The number of ether oxygens (including phenoxy) is 1. The third kappa shape index (κ3) is 3.60. The topological polar surface area (TPSA) is 75.7 Å². The van der Waals surface area contributed by atoms with Gasteiger partial charge in [-0.3, -0.25) is 9.59 Å². The lowest BCUT2D eigenvalue weighted by atomic mass is 10.1. The molecule has 2 aliphatic rings. The standard InChI is InChI=1S/C20H20N2O4S/c1-12-10-17(23)21-15-4-2-3-5-16(15)22(12)18(24)11-26-20(25)19-14(8-9-27-19)13-6-7-13/h2-5,8-9,12-13H,6-7,10-11H2,1H3,(H,21,23)/t12-/m1/s1. The molecule has 1 saturated carbocycles. The van der Waals surface area contributed by atoms with Crippen LogP contribution in [-0.4, -0.2) is 30.4 Å². The number of esters is 1. The molecule has 1 fully saturated rings. The van der Waals surface area contributed by atoms with Crippen molar-refractivity contribution in [2.45, 2.75) is 38.1 Å². The Labute approximate surface area is 161 Å². The number of hydrogen-bond acceptors (Lipinski definition) is 5. The zero-order valence-corrected chi connectivity index (χ0v) is 15.8. The van der Waals surface area contributed by atoms with Gasteiger partial charge in [0.1, 0.15) is 4.88 Å². The Morgan fingerprint density at radius 2 is 2.04 bits per heavy atom. The number of anilines is 2. The second-order valence-electron chi connectivity index (χ2n) is 6.94. The molecule has 0 radical (unpaired) electrons. The van der Waals surface area contributed by atoms with Gasteiger partial charge in [0.15, 0.2) is 6.61 Å². The average molecular weight is 384 g/mol. The van der Waals surface area contributed by atoms with E-state index < -0.39 is 5.97 Å². The van der Waals surface area contributed by atoms with E-state index in [4.69, 9.17) is 4.74 Å². The van der Waals surface area contributed by atoms with Crippen LogP contribution in [0.15, 0.2) is 35.7 Å². The van der Waals surface area contributed by atoms with Crippen LogP contribution in [0, 0.1) is 0 Å². The highest BCUT2D eigenvalue weighted by atomic mass is 32.1. The molecule has 140 valence electrons. The SMILES string of the molecule is C[C@@H]1CC(=O)Nc2ccccc2N1C(=O)COC(=O)c1sccc1C1CC1. The number of fused-ring (bicyclic) bond motifs is 1. The summed E-state index contributed by atoms with van der Waals surface area (Å²) in [7, 11) is 0. The number of carbonyl (C=O) groups is 3. The van der Waals surface area contributed by atoms with E-state index in [1.165, 1.54) is 16.2 Å². The minimum absolute atomic E-state index is 0.144. The number of para-hydroxylation sites is 2. The second kappa shape index (κ2) is 7.15. The molecule has 1 atom stereocenters. The zero-order chi connectivity index (χ0) is 19.0. The molecule has 7 heteroatoms. The maximum atomic E-state index is 12.8. The van der Waals surface area contributed by atoms with Crippen molar-refractivity contribution in [2.24, 2.45) is 0 Å². The van der Waals surface area contributed by atoms with Gasteiger partial charge in [-0.25, -0.2) is 4.79 Å². The fraction of sp³-hybridized carbons (Fsp3) is 0.350. The summed E-state index contributed by atoms with van der Waals surface area (Å²) in [6.45, 7) is 1.46. The van der Waals surface area contributed by atoms with Crippen molar-refractivity contribution in [3.63, 3.8) is 0 Å². The van der Waals surface area contributed by atoms with Gasteiger partial charge >= 0.3 is 5.97 Å². The Balaban J connectivity index is 1.49. The monoisotopic (exact) mass is 384 g/mol. The average Bonchev–Trinajstić information content (AvgIpc) is 3.39. The number of benzene rings is 1. The smallest absolute Gasteiger partial charge is 0.349 e. The van der Waals surface area contributed by atoms with Crippen LogP contribution < -0.4 is 10.2 Å². The molecular weight excluding hydrogens is 364 g/mol. The van der Waals surface area contributed by atoms with Gasteiger partial charge in [-0.1, -0.05) is 12.1 Å². The summed E-state index contributed by atoms with van der Waals surface area (Å²) in [5, 5.41) is 4.70. The minimum atomic E-state index is -0.454. The van der Waals surface area contributed by atoms with Gasteiger partial charge in [-0.05, 0) is 54.8 Å². The first-order chi connectivity index (χ1) is 13.0. The Bertz CT molecular complexity index is 903. The van der Waals surface area contributed by atoms with Crippen LogP contribution in [0.25, 0.3) is 0 Å². The third-order valence-electron chi connectivity index (χ3n) is 4.85. The molecule has 27 heavy (non-hydrogen) atoms. The van der Waals surface area contributed by atoms with Crippen LogP contribution >= 0.6 is 11.3 Å². The van der Waals surface area contributed by atoms with Crippen LogP contribution in [0.1, 0.15) is 47.3 Å². The van der Waals surface area contributed by atoms with E-state index in [2.05, 4.69) is 5.32 Å². The molecule has 4 rings (SSSR count). The summed E-state index contributed by atoms with van der Waals surface area (Å²) in [5.41, 5.74) is 2.23. The Morgan fingerprint density at radius 3 is 2.81 bits per heavy atom. The van der Waals surface area contributed by atoms with E-state index in [0.717, 1.165) is 18.4 Å². The largest absolute Gasteiger partial charge is 0.451 e. The maximum Gasteiger partial charge on any atom is 0.349 e. The summed E-state index contributed by atoms with van der Waals surface area (Å²) in [6.07, 6.45) is 2.38. The van der Waals surface area contributed by atoms with Gasteiger partial charge in [0.2, 0.25) is 5.91 Å². The number of hydrogen-bond donors (Lipinski definition) is 1. The summed E-state index contributed by atoms with van der Waals surface area (Å²) in [4.78, 5) is 39.4. The lowest BCUT2D eigenvalue weighted by molar-refractivity contribution is -0.122. The summed E-state index contributed by atoms with van der Waals surface area (Å²) >= 11 is 1.35. The first kappa shape index (κ1) is 17.7. The fourth-order valence-corrected chi connectivity index (χ4v) is 4.31. The van der Waals surface area contributed by atoms with E-state index in [0.29, 0.717) is 22.2 Å². The van der Waals surface area contributed by atoms with E-state index in [1.807, 2.05) is 24.4 Å². The van der Waals surface area contributed by atoms with Crippen LogP contribution in [0.3, 0.4) is 0 Å². The molecule has 2 heterocycles. The van der Waals surface area contributed by atoms with Gasteiger partial charge in [0.05, 0.1) is 11.4 Å². The molecule has 0 saturated heterocycles. The van der Waals surface area contributed by atoms with Crippen molar-refractivity contribution in [2.75, 3.05) is 16.8 Å². The molecule has 6 nitrogen and oxygen atoms in total. The molecular formula is C20H20N2O4S. The molecule has 2 aromatic rings. The Morgan fingerprint density at radius 1 is 1.26 bits per heavy atom. The molecule has 0 spiro atoms. The highest BCUT2D eigenvalue weighted by Crippen LogP contribution is 2.43. The van der Waals surface area contributed by atoms with E-state index in [9.17, 15) is 14.4 Å². The molecule has 1 aromatic heterocycles. The van der Waals surface area contributed by atoms with Crippen LogP contribution in [0.4, 0.5) is 11.4 Å². The Kier molecular flexibility index (Phi) is 4.70. The molecule has 0 unspecified atom stereocenters. The van der Waals surface area contributed by atoms with Crippen LogP contribution in [0.2, 0.25) is 0 Å². The summed E-state index contributed by atoms with van der Waals surface area (Å²) in [6, 6.07) is 8.78. The van der Waals surface area contributed by atoms with Gasteiger partial charge in [-0.2, -0.15) is 0 Å². The quantitative estimate of drug-likeness (QED) is 0.818. The van der Waals surface area contributed by atoms with Gasteiger partial charge in [-0.15, -0.1) is 11.3 Å². The lowest BCUT2D eigenvalue weighted by Crippen LogP contribution is -2.41. The molecule has 0 bridgehead atoms. The molecule has 1 aromatic carbocycles. The van der Waals surface area contributed by atoms with Crippen LogP contribution in [0.5, 0.6) is 0 Å². The fourth-order valence-electron chi connectivity index (χ4n) is 3.43. The van der Waals surface area contributed by atoms with E-state index in [1.54, 1.807) is 18.2 Å².